The van der Waals surface area contributed by atoms with E-state index in [0.717, 1.165) is 15.4 Å². The maximum atomic E-state index is 13.7. The molecule has 0 aliphatic rings. The molecule has 0 spiro atoms. The Kier molecular flexibility index (Phi) is 8.71. The number of carbonyl (C=O) groups is 2. The summed E-state index contributed by atoms with van der Waals surface area (Å²) in [6.07, 6.45) is 0. The average molecular weight is 510 g/mol. The first-order chi connectivity index (χ1) is 17.2. The summed E-state index contributed by atoms with van der Waals surface area (Å²) in [4.78, 5) is 27.6. The normalized spacial score (nSPS) is 11.9. The molecule has 0 heterocycles. The zero-order valence-electron chi connectivity index (χ0n) is 20.8. The van der Waals surface area contributed by atoms with Crippen molar-refractivity contribution in [3.63, 3.8) is 0 Å². The Morgan fingerprint density at radius 3 is 2.25 bits per heavy atom. The predicted octanol–water partition coefficient (Wildman–Crippen LogP) is 3.36. The van der Waals surface area contributed by atoms with E-state index in [1.807, 2.05) is 31.2 Å². The van der Waals surface area contributed by atoms with Crippen molar-refractivity contribution in [1.82, 2.24) is 10.2 Å². The third-order valence-electron chi connectivity index (χ3n) is 5.84. The van der Waals surface area contributed by atoms with Crippen LogP contribution in [0.1, 0.15) is 18.1 Å². The molecule has 36 heavy (non-hydrogen) atoms. The summed E-state index contributed by atoms with van der Waals surface area (Å²) >= 11 is 0. The van der Waals surface area contributed by atoms with Gasteiger partial charge >= 0.3 is 0 Å². The number of hydrogen-bond donors (Lipinski definition) is 1. The van der Waals surface area contributed by atoms with Gasteiger partial charge in [0.15, 0.2) is 0 Å². The van der Waals surface area contributed by atoms with Crippen molar-refractivity contribution in [3.05, 3.63) is 90.0 Å². The van der Waals surface area contributed by atoms with Gasteiger partial charge in [0.05, 0.1) is 17.7 Å². The van der Waals surface area contributed by atoms with Crippen LogP contribution in [0.4, 0.5) is 5.69 Å². The summed E-state index contributed by atoms with van der Waals surface area (Å²) in [5, 5.41) is 2.57. The third-order valence-corrected chi connectivity index (χ3v) is 7.63. The molecule has 0 saturated heterocycles. The van der Waals surface area contributed by atoms with E-state index in [4.69, 9.17) is 4.74 Å². The third kappa shape index (κ3) is 6.23. The lowest BCUT2D eigenvalue weighted by atomic mass is 10.1. The zero-order chi connectivity index (χ0) is 26.3. The Hall–Kier alpha value is -3.85. The Labute approximate surface area is 212 Å². The maximum absolute atomic E-state index is 13.7. The van der Waals surface area contributed by atoms with Gasteiger partial charge in [-0.05, 0) is 43.7 Å². The molecule has 190 valence electrons. The smallest absolute Gasteiger partial charge is 0.264 e. The number of ether oxygens (including phenoxy) is 1. The van der Waals surface area contributed by atoms with Crippen LogP contribution in [-0.2, 0) is 26.2 Å². The fourth-order valence-corrected chi connectivity index (χ4v) is 5.12. The number of likely N-dealkylation sites (N-methyl/N-ethyl adjacent to an activating group) is 1. The Bertz CT molecular complexity index is 1290. The van der Waals surface area contributed by atoms with E-state index >= 15 is 0 Å². The van der Waals surface area contributed by atoms with Crippen molar-refractivity contribution >= 4 is 27.5 Å². The summed E-state index contributed by atoms with van der Waals surface area (Å²) < 4.78 is 33.7. The summed E-state index contributed by atoms with van der Waals surface area (Å²) in [6.45, 7) is 3.22. The standard InChI is InChI=1S/C27H31N3O5S/c1-20-13-15-22(16-14-20)18-29(21(2)27(32)28-3)26(31)19-30(23-9-8-10-24(17-23)35-4)36(33,34)25-11-6-5-7-12-25/h5-17,21H,18-19H2,1-4H3,(H,28,32)/t21-/m0/s1. The highest BCUT2D eigenvalue weighted by Gasteiger charge is 2.32. The van der Waals surface area contributed by atoms with E-state index in [9.17, 15) is 18.0 Å². The molecular formula is C27H31N3O5S. The van der Waals surface area contributed by atoms with Crippen LogP contribution in [0.3, 0.4) is 0 Å². The molecule has 1 atom stereocenters. The Morgan fingerprint density at radius 2 is 1.64 bits per heavy atom. The lowest BCUT2D eigenvalue weighted by Crippen LogP contribution is -2.50. The first-order valence-electron chi connectivity index (χ1n) is 11.5. The first-order valence-corrected chi connectivity index (χ1v) is 12.9. The molecule has 0 saturated carbocycles. The molecule has 0 aliphatic heterocycles. The lowest BCUT2D eigenvalue weighted by Gasteiger charge is -2.31. The number of rotatable bonds is 10. The van der Waals surface area contributed by atoms with Crippen LogP contribution in [-0.4, -0.2) is 51.9 Å². The van der Waals surface area contributed by atoms with Crippen LogP contribution in [0.2, 0.25) is 0 Å². The molecule has 0 radical (unpaired) electrons. The quantitative estimate of drug-likeness (QED) is 0.452. The minimum Gasteiger partial charge on any atom is -0.497 e. The fraction of sp³-hybridized carbons (Fsp3) is 0.259. The van der Waals surface area contributed by atoms with E-state index in [-0.39, 0.29) is 23.0 Å². The van der Waals surface area contributed by atoms with Crippen LogP contribution in [0.5, 0.6) is 5.75 Å². The van der Waals surface area contributed by atoms with Crippen molar-refractivity contribution in [2.24, 2.45) is 0 Å². The number of nitrogens with one attached hydrogen (secondary N) is 1. The predicted molar refractivity (Wildman–Crippen MR) is 139 cm³/mol. The molecule has 9 heteroatoms. The number of amides is 2. The van der Waals surface area contributed by atoms with Crippen LogP contribution in [0.15, 0.2) is 83.8 Å². The SMILES string of the molecule is CNC(=O)[C@H](C)N(Cc1ccc(C)cc1)C(=O)CN(c1cccc(OC)c1)S(=O)(=O)c1ccccc1. The van der Waals surface area contributed by atoms with Crippen molar-refractivity contribution < 1.29 is 22.7 Å². The largest absolute Gasteiger partial charge is 0.497 e. The monoisotopic (exact) mass is 509 g/mol. The number of hydrogen-bond acceptors (Lipinski definition) is 5. The summed E-state index contributed by atoms with van der Waals surface area (Å²) in [5.41, 5.74) is 2.16. The zero-order valence-corrected chi connectivity index (χ0v) is 21.7. The highest BCUT2D eigenvalue weighted by molar-refractivity contribution is 7.92. The summed E-state index contributed by atoms with van der Waals surface area (Å²) in [5.74, 6) is -0.424. The number of benzene rings is 3. The number of methoxy groups -OCH3 is 1. The summed E-state index contributed by atoms with van der Waals surface area (Å²) in [6, 6.07) is 21.2. The molecular weight excluding hydrogens is 478 g/mol. The molecule has 2 amide bonds. The Balaban J connectivity index is 2.03. The van der Waals surface area contributed by atoms with Crippen LogP contribution in [0, 0.1) is 6.92 Å². The first kappa shape index (κ1) is 26.7. The highest BCUT2D eigenvalue weighted by atomic mass is 32.2. The maximum Gasteiger partial charge on any atom is 0.264 e. The van der Waals surface area contributed by atoms with E-state index in [1.165, 1.54) is 31.2 Å². The molecule has 0 fully saturated rings. The molecule has 3 aromatic rings. The second-order valence-electron chi connectivity index (χ2n) is 8.32. The van der Waals surface area contributed by atoms with Crippen LogP contribution < -0.4 is 14.4 Å². The van der Waals surface area contributed by atoms with Gasteiger partial charge in [-0.15, -0.1) is 0 Å². The van der Waals surface area contributed by atoms with Gasteiger partial charge in [0.2, 0.25) is 11.8 Å². The molecule has 0 aromatic heterocycles. The molecule has 3 aromatic carbocycles. The number of sulfonamides is 1. The number of nitrogens with zero attached hydrogens (tertiary/aromatic N) is 2. The van der Waals surface area contributed by atoms with Gasteiger partial charge in [-0.25, -0.2) is 8.42 Å². The van der Waals surface area contributed by atoms with Crippen molar-refractivity contribution in [1.29, 1.82) is 0 Å². The second kappa shape index (κ2) is 11.7. The minimum atomic E-state index is -4.11. The van der Waals surface area contributed by atoms with E-state index in [2.05, 4.69) is 5.32 Å². The van der Waals surface area contributed by atoms with Gasteiger partial charge in [0.1, 0.15) is 18.3 Å². The lowest BCUT2D eigenvalue weighted by molar-refractivity contribution is -0.139. The molecule has 8 nitrogen and oxygen atoms in total. The van der Waals surface area contributed by atoms with E-state index < -0.39 is 28.5 Å². The number of carbonyl (C=O) groups excluding carboxylic acids is 2. The number of anilines is 1. The summed E-state index contributed by atoms with van der Waals surface area (Å²) in [7, 11) is -1.13. The van der Waals surface area contributed by atoms with Crippen molar-refractivity contribution in [3.8, 4) is 5.75 Å². The molecule has 1 N–H and O–H groups in total. The molecule has 0 bridgehead atoms. The van der Waals surface area contributed by atoms with E-state index in [0.29, 0.717) is 5.75 Å². The van der Waals surface area contributed by atoms with Gasteiger partial charge in [0.25, 0.3) is 10.0 Å². The van der Waals surface area contributed by atoms with Gasteiger partial charge in [0, 0.05) is 19.7 Å². The second-order valence-corrected chi connectivity index (χ2v) is 10.2. The topological polar surface area (TPSA) is 96.0 Å². The minimum absolute atomic E-state index is 0.0463. The van der Waals surface area contributed by atoms with Gasteiger partial charge in [-0.3, -0.25) is 13.9 Å². The number of aryl methyl sites for hydroxylation is 1. The Morgan fingerprint density at radius 1 is 0.972 bits per heavy atom. The van der Waals surface area contributed by atoms with Crippen LogP contribution in [0.25, 0.3) is 0 Å². The molecule has 0 unspecified atom stereocenters. The average Bonchev–Trinajstić information content (AvgIpc) is 2.90. The van der Waals surface area contributed by atoms with E-state index in [1.54, 1.807) is 49.4 Å². The van der Waals surface area contributed by atoms with Crippen molar-refractivity contribution in [2.75, 3.05) is 25.0 Å². The van der Waals surface area contributed by atoms with Crippen molar-refractivity contribution in [2.45, 2.75) is 31.3 Å². The molecule has 3 rings (SSSR count). The van der Waals surface area contributed by atoms with Gasteiger partial charge in [-0.2, -0.15) is 0 Å². The van der Waals surface area contributed by atoms with Crippen LogP contribution >= 0.6 is 0 Å². The fourth-order valence-electron chi connectivity index (χ4n) is 3.70. The molecule has 0 aliphatic carbocycles. The van der Waals surface area contributed by atoms with Gasteiger partial charge < -0.3 is 15.0 Å². The highest BCUT2D eigenvalue weighted by Crippen LogP contribution is 2.27. The van der Waals surface area contributed by atoms with Gasteiger partial charge in [-0.1, -0.05) is 54.1 Å².